The highest BCUT2D eigenvalue weighted by Gasteiger charge is 2.19. The van der Waals surface area contributed by atoms with Crippen molar-refractivity contribution in [2.24, 2.45) is 0 Å². The van der Waals surface area contributed by atoms with Crippen LogP contribution in [0.1, 0.15) is 0 Å². The Labute approximate surface area is 112 Å². The van der Waals surface area contributed by atoms with Crippen LogP contribution in [0.4, 0.5) is 5.69 Å². The predicted octanol–water partition coefficient (Wildman–Crippen LogP) is 4.01. The smallest absolute Gasteiger partial charge is 0.338 e. The first-order valence-electron chi connectivity index (χ1n) is 5.84. The van der Waals surface area contributed by atoms with E-state index in [4.69, 9.17) is 9.26 Å². The van der Waals surface area contributed by atoms with E-state index >= 15 is 0 Å². The third-order valence-electron chi connectivity index (χ3n) is 2.45. The van der Waals surface area contributed by atoms with Crippen molar-refractivity contribution >= 4 is 13.2 Å². The second-order valence-electron chi connectivity index (χ2n) is 4.07. The minimum atomic E-state index is -3.01. The maximum atomic E-state index is 12.4. The summed E-state index contributed by atoms with van der Waals surface area (Å²) in [6, 6.07) is 16.4. The van der Waals surface area contributed by atoms with E-state index in [1.807, 2.05) is 36.4 Å². The Bertz CT molecular complexity index is 586. The van der Waals surface area contributed by atoms with Gasteiger partial charge in [0, 0.05) is 12.4 Å². The van der Waals surface area contributed by atoms with Gasteiger partial charge in [0.15, 0.2) is 11.5 Å². The fourth-order valence-electron chi connectivity index (χ4n) is 1.65. The molecule has 0 aromatic heterocycles. The quantitative estimate of drug-likeness (QED) is 0.839. The molecule has 0 unspecified atom stereocenters. The molecule has 0 fully saturated rings. The number of hydrogen-bond donors (Lipinski definition) is 1. The van der Waals surface area contributed by atoms with Gasteiger partial charge in [-0.25, -0.2) is 0 Å². The Balaban J connectivity index is 2.15. The Kier molecular flexibility index (Phi) is 4.13. The Morgan fingerprint density at radius 3 is 2.16 bits per heavy atom. The number of para-hydroxylation sites is 3. The highest BCUT2D eigenvalue weighted by molar-refractivity contribution is 7.60. The van der Waals surface area contributed by atoms with Crippen molar-refractivity contribution in [1.29, 1.82) is 0 Å². The van der Waals surface area contributed by atoms with E-state index in [9.17, 15) is 4.57 Å². The number of anilines is 1. The maximum Gasteiger partial charge on any atom is 0.338 e. The summed E-state index contributed by atoms with van der Waals surface area (Å²) in [4.78, 5) is 0. The fraction of sp³-hybridized carbons (Fsp3) is 0.143. The van der Waals surface area contributed by atoms with Crippen LogP contribution in [0.5, 0.6) is 11.5 Å². The van der Waals surface area contributed by atoms with Gasteiger partial charge in [0.05, 0.1) is 7.11 Å². The van der Waals surface area contributed by atoms with Crippen molar-refractivity contribution in [2.45, 2.75) is 0 Å². The molecule has 100 valence electrons. The number of benzene rings is 2. The zero-order valence-corrected chi connectivity index (χ0v) is 11.8. The van der Waals surface area contributed by atoms with Gasteiger partial charge in [-0.05, 0) is 24.3 Å². The molecule has 0 saturated heterocycles. The number of nitrogens with one attached hydrogen (secondary N) is 1. The molecule has 0 saturated carbocycles. The van der Waals surface area contributed by atoms with Gasteiger partial charge in [0.1, 0.15) is 0 Å². The van der Waals surface area contributed by atoms with Crippen molar-refractivity contribution < 1.29 is 13.8 Å². The molecule has 2 aromatic rings. The van der Waals surface area contributed by atoms with Gasteiger partial charge in [-0.2, -0.15) is 0 Å². The summed E-state index contributed by atoms with van der Waals surface area (Å²) < 4.78 is 23.1. The lowest BCUT2D eigenvalue weighted by Crippen LogP contribution is -2.03. The Morgan fingerprint density at radius 1 is 0.947 bits per heavy atom. The lowest BCUT2D eigenvalue weighted by Gasteiger charge is -2.18. The van der Waals surface area contributed by atoms with Crippen molar-refractivity contribution in [1.82, 2.24) is 0 Å². The number of hydrogen-bond acceptors (Lipinski definition) is 3. The molecule has 0 amide bonds. The van der Waals surface area contributed by atoms with Gasteiger partial charge in [0.2, 0.25) is 0 Å². The molecule has 0 aliphatic carbocycles. The lowest BCUT2D eigenvalue weighted by molar-refractivity contribution is 0.391. The van der Waals surface area contributed by atoms with Gasteiger partial charge in [0.25, 0.3) is 0 Å². The minimum absolute atomic E-state index is 0.458. The normalized spacial score (nSPS) is 13.4. The molecule has 0 bridgehead atoms. The predicted molar refractivity (Wildman–Crippen MR) is 77.2 cm³/mol. The van der Waals surface area contributed by atoms with E-state index < -0.39 is 7.52 Å². The Morgan fingerprint density at radius 2 is 1.53 bits per heavy atom. The SMILES string of the molecule is COc1ccccc1O[P@](C)(=O)Nc1ccccc1. The summed E-state index contributed by atoms with van der Waals surface area (Å²) >= 11 is 0. The van der Waals surface area contributed by atoms with Crippen molar-refractivity contribution in [3.8, 4) is 11.5 Å². The molecule has 0 heterocycles. The summed E-state index contributed by atoms with van der Waals surface area (Å²) in [7, 11) is -1.46. The molecule has 0 aliphatic rings. The fourth-order valence-corrected chi connectivity index (χ4v) is 2.84. The highest BCUT2D eigenvalue weighted by atomic mass is 31.2. The molecular weight excluding hydrogens is 261 g/mol. The van der Waals surface area contributed by atoms with E-state index in [-0.39, 0.29) is 0 Å². The van der Waals surface area contributed by atoms with Crippen LogP contribution in [-0.2, 0) is 4.57 Å². The summed E-state index contributed by atoms with van der Waals surface area (Å²) in [6.07, 6.45) is 0. The molecule has 1 atom stereocenters. The van der Waals surface area contributed by atoms with Crippen LogP contribution in [0, 0.1) is 0 Å². The van der Waals surface area contributed by atoms with Gasteiger partial charge in [-0.3, -0.25) is 4.57 Å². The van der Waals surface area contributed by atoms with Crippen molar-refractivity contribution in [3.05, 3.63) is 54.6 Å². The van der Waals surface area contributed by atoms with Crippen LogP contribution in [0.2, 0.25) is 0 Å². The zero-order valence-electron chi connectivity index (χ0n) is 10.9. The highest BCUT2D eigenvalue weighted by Crippen LogP contribution is 2.45. The van der Waals surface area contributed by atoms with Crippen molar-refractivity contribution in [3.63, 3.8) is 0 Å². The van der Waals surface area contributed by atoms with E-state index in [0.717, 1.165) is 5.69 Å². The largest absolute Gasteiger partial charge is 0.493 e. The van der Waals surface area contributed by atoms with Crippen LogP contribution in [0.25, 0.3) is 0 Å². The standard InChI is InChI=1S/C14H16NO3P/c1-17-13-10-6-7-11-14(13)18-19(2,16)15-12-8-4-3-5-9-12/h3-11H,1-2H3,(H,15,16)/t19-/m0/s1. The molecule has 0 spiro atoms. The van der Waals surface area contributed by atoms with E-state index in [1.165, 1.54) is 6.66 Å². The third-order valence-corrected chi connectivity index (χ3v) is 3.66. The maximum absolute atomic E-state index is 12.4. The third kappa shape index (κ3) is 3.76. The van der Waals surface area contributed by atoms with Crippen LogP contribution in [-0.4, -0.2) is 13.8 Å². The monoisotopic (exact) mass is 277 g/mol. The molecule has 1 N–H and O–H groups in total. The van der Waals surface area contributed by atoms with Gasteiger partial charge >= 0.3 is 7.52 Å². The number of ether oxygens (including phenoxy) is 1. The van der Waals surface area contributed by atoms with Gasteiger partial charge in [-0.15, -0.1) is 0 Å². The summed E-state index contributed by atoms with van der Waals surface area (Å²) in [6.45, 7) is 1.53. The molecule has 4 nitrogen and oxygen atoms in total. The summed E-state index contributed by atoms with van der Waals surface area (Å²) in [5, 5.41) is 2.90. The van der Waals surface area contributed by atoms with E-state index in [0.29, 0.717) is 11.5 Å². The summed E-state index contributed by atoms with van der Waals surface area (Å²) in [5.74, 6) is 1.01. The van der Waals surface area contributed by atoms with E-state index in [2.05, 4.69) is 5.09 Å². The first-order chi connectivity index (χ1) is 9.11. The van der Waals surface area contributed by atoms with Crippen LogP contribution >= 0.6 is 7.52 Å². The molecular formula is C14H16NO3P. The summed E-state index contributed by atoms with van der Waals surface area (Å²) in [5.41, 5.74) is 0.753. The van der Waals surface area contributed by atoms with Gasteiger partial charge < -0.3 is 14.3 Å². The van der Waals surface area contributed by atoms with Crippen LogP contribution in [0.15, 0.2) is 54.6 Å². The minimum Gasteiger partial charge on any atom is -0.493 e. The number of methoxy groups -OCH3 is 1. The first kappa shape index (κ1) is 13.5. The molecule has 2 aromatic carbocycles. The number of rotatable bonds is 5. The molecule has 0 radical (unpaired) electrons. The molecule has 0 aliphatic heterocycles. The first-order valence-corrected chi connectivity index (χ1v) is 7.91. The Hall–Kier alpha value is -1.93. The van der Waals surface area contributed by atoms with Crippen LogP contribution < -0.4 is 14.3 Å². The van der Waals surface area contributed by atoms with Gasteiger partial charge in [-0.1, -0.05) is 30.3 Å². The van der Waals surface area contributed by atoms with Crippen LogP contribution in [0.3, 0.4) is 0 Å². The molecule has 19 heavy (non-hydrogen) atoms. The zero-order chi connectivity index (χ0) is 13.7. The molecule has 5 heteroatoms. The second-order valence-corrected chi connectivity index (χ2v) is 6.16. The second kappa shape index (κ2) is 5.81. The van der Waals surface area contributed by atoms with E-state index in [1.54, 1.807) is 25.3 Å². The average Bonchev–Trinajstić information content (AvgIpc) is 2.39. The average molecular weight is 277 g/mol. The molecule has 2 rings (SSSR count). The lowest BCUT2D eigenvalue weighted by atomic mass is 10.3. The van der Waals surface area contributed by atoms with Crippen molar-refractivity contribution in [2.75, 3.05) is 18.9 Å². The topological polar surface area (TPSA) is 47.6 Å².